The molecule has 1 aliphatic rings. The highest BCUT2D eigenvalue weighted by Gasteiger charge is 2.18. The highest BCUT2D eigenvalue weighted by Crippen LogP contribution is 2.31. The first kappa shape index (κ1) is 25.3. The maximum atomic E-state index is 6.19. The lowest BCUT2D eigenvalue weighted by molar-refractivity contribution is 0.274. The van der Waals surface area contributed by atoms with Crippen molar-refractivity contribution in [1.29, 1.82) is 0 Å². The summed E-state index contributed by atoms with van der Waals surface area (Å²) in [7, 11) is 1.60. The molecule has 0 fully saturated rings. The van der Waals surface area contributed by atoms with E-state index in [1.165, 1.54) is 0 Å². The first-order valence-electron chi connectivity index (χ1n) is 12.9. The smallest absolute Gasteiger partial charge is 0.263 e. The number of methoxy groups -OCH3 is 1. The van der Waals surface area contributed by atoms with Crippen molar-refractivity contribution in [1.82, 2.24) is 14.8 Å². The Hall–Kier alpha value is -4.99. The van der Waals surface area contributed by atoms with E-state index in [0.717, 1.165) is 16.8 Å². The van der Waals surface area contributed by atoms with Crippen molar-refractivity contribution < 1.29 is 27.8 Å². The number of furan rings is 1. The van der Waals surface area contributed by atoms with Gasteiger partial charge in [-0.1, -0.05) is 24.3 Å². The lowest BCUT2D eigenvalue weighted by atomic mass is 10.2. The van der Waals surface area contributed by atoms with Crippen molar-refractivity contribution in [2.45, 2.75) is 26.6 Å². The number of nitrogens with zero attached hydrogens (tertiary/aromatic N) is 4. The molecule has 0 saturated heterocycles. The van der Waals surface area contributed by atoms with Crippen molar-refractivity contribution in [3.8, 4) is 34.7 Å². The monoisotopic (exact) mass is 540 g/mol. The van der Waals surface area contributed by atoms with E-state index in [9.17, 15) is 0 Å². The molecule has 0 N–H and O–H groups in total. The maximum absolute atomic E-state index is 6.19. The van der Waals surface area contributed by atoms with Crippen LogP contribution < -0.4 is 14.2 Å². The zero-order chi connectivity index (χ0) is 27.3. The van der Waals surface area contributed by atoms with Crippen LogP contribution in [-0.4, -0.2) is 40.9 Å². The Bertz CT molecular complexity index is 1600. The van der Waals surface area contributed by atoms with Gasteiger partial charge in [-0.15, -0.1) is 5.10 Å². The number of oxazole rings is 1. The lowest BCUT2D eigenvalue weighted by Crippen LogP contribution is -2.05. The fraction of sp³-hybridized carbons (Fsp3) is 0.233. The predicted octanol–water partition coefficient (Wildman–Crippen LogP) is 5.57. The minimum absolute atomic E-state index is 0.217. The number of para-hydroxylation sites is 1. The summed E-state index contributed by atoms with van der Waals surface area (Å²) in [5, 5.41) is 4.69. The first-order valence-corrected chi connectivity index (χ1v) is 12.9. The highest BCUT2D eigenvalue weighted by atomic mass is 16.5. The first-order chi connectivity index (χ1) is 19.7. The number of aromatic nitrogens is 3. The molecule has 0 unspecified atom stereocenters. The standard InChI is InChI=1S/C30H28N4O6/c1-20-24(32-30(40-20)26-9-6-13-36-26)19-38-25-11-10-21(15-27(25)35-2)18-39-29-22(16-28-31-12-14-37-28)17-34(33-29)23-7-4-3-5-8-23/h3-11,13,15,17H,12,14,16,18-19H2,1-2H3. The van der Waals surface area contributed by atoms with Gasteiger partial charge in [0.15, 0.2) is 23.2 Å². The Balaban J connectivity index is 1.15. The number of hydrogen-bond donors (Lipinski definition) is 0. The van der Waals surface area contributed by atoms with Gasteiger partial charge < -0.3 is 27.8 Å². The van der Waals surface area contributed by atoms with Gasteiger partial charge in [-0.05, 0) is 48.9 Å². The molecule has 0 radical (unpaired) electrons. The van der Waals surface area contributed by atoms with Gasteiger partial charge in [0.2, 0.25) is 5.88 Å². The molecule has 0 aliphatic carbocycles. The Morgan fingerprint density at radius 2 is 1.88 bits per heavy atom. The molecule has 0 atom stereocenters. The van der Waals surface area contributed by atoms with Crippen molar-refractivity contribution in [3.05, 3.63) is 95.7 Å². The SMILES string of the molecule is COc1cc(COc2nn(-c3ccccc3)cc2CC2=NCCO2)ccc1OCc1nc(-c2ccco2)oc1C. The van der Waals surface area contributed by atoms with Crippen LogP contribution in [0.15, 0.2) is 87.0 Å². The van der Waals surface area contributed by atoms with Gasteiger partial charge >= 0.3 is 0 Å². The number of rotatable bonds is 11. The minimum Gasteiger partial charge on any atom is -0.493 e. The van der Waals surface area contributed by atoms with Gasteiger partial charge in [0.25, 0.3) is 5.89 Å². The van der Waals surface area contributed by atoms with E-state index in [1.54, 1.807) is 30.2 Å². The van der Waals surface area contributed by atoms with Crippen LogP contribution in [0.25, 0.3) is 17.3 Å². The Labute approximate surface area is 230 Å². The average molecular weight is 541 g/mol. The molecule has 0 saturated carbocycles. The van der Waals surface area contributed by atoms with Crippen molar-refractivity contribution in [2.75, 3.05) is 20.3 Å². The van der Waals surface area contributed by atoms with Gasteiger partial charge in [-0.25, -0.2) is 9.67 Å². The largest absolute Gasteiger partial charge is 0.493 e. The molecule has 0 amide bonds. The van der Waals surface area contributed by atoms with Gasteiger partial charge in [-0.2, -0.15) is 0 Å². The molecule has 4 heterocycles. The number of benzene rings is 2. The number of aliphatic imine (C=N–C) groups is 1. The molecule has 0 bridgehead atoms. The second kappa shape index (κ2) is 11.4. The van der Waals surface area contributed by atoms with Gasteiger partial charge in [0.1, 0.15) is 31.3 Å². The number of ether oxygens (including phenoxy) is 4. The van der Waals surface area contributed by atoms with E-state index in [0.29, 0.717) is 66.0 Å². The Kier molecular flexibility index (Phi) is 7.21. The third kappa shape index (κ3) is 5.56. The molecular weight excluding hydrogens is 512 g/mol. The summed E-state index contributed by atoms with van der Waals surface area (Å²) in [6.07, 6.45) is 4.05. The van der Waals surface area contributed by atoms with Crippen LogP contribution in [0.4, 0.5) is 0 Å². The van der Waals surface area contributed by atoms with E-state index in [4.69, 9.17) is 32.9 Å². The Morgan fingerprint density at radius 1 is 0.975 bits per heavy atom. The summed E-state index contributed by atoms with van der Waals surface area (Å²) in [5.41, 5.74) is 3.41. The maximum Gasteiger partial charge on any atom is 0.263 e. The van der Waals surface area contributed by atoms with E-state index in [-0.39, 0.29) is 13.2 Å². The minimum atomic E-state index is 0.217. The molecule has 10 nitrogen and oxygen atoms in total. The summed E-state index contributed by atoms with van der Waals surface area (Å²) in [6.45, 7) is 3.63. The molecule has 3 aromatic heterocycles. The van der Waals surface area contributed by atoms with E-state index >= 15 is 0 Å². The van der Waals surface area contributed by atoms with Gasteiger partial charge in [-0.3, -0.25) is 4.99 Å². The van der Waals surface area contributed by atoms with Crippen LogP contribution in [0.5, 0.6) is 17.4 Å². The van der Waals surface area contributed by atoms with Crippen LogP contribution in [-0.2, 0) is 24.4 Å². The number of aryl methyl sites for hydroxylation is 1. The van der Waals surface area contributed by atoms with Gasteiger partial charge in [0.05, 0.1) is 32.0 Å². The van der Waals surface area contributed by atoms with Crippen LogP contribution in [0.3, 0.4) is 0 Å². The third-order valence-corrected chi connectivity index (χ3v) is 6.35. The van der Waals surface area contributed by atoms with Gasteiger partial charge in [0, 0.05) is 11.8 Å². The van der Waals surface area contributed by atoms with E-state index < -0.39 is 0 Å². The van der Waals surface area contributed by atoms with Crippen molar-refractivity contribution in [2.24, 2.45) is 4.99 Å². The zero-order valence-electron chi connectivity index (χ0n) is 22.2. The lowest BCUT2D eigenvalue weighted by Gasteiger charge is -2.12. The third-order valence-electron chi connectivity index (χ3n) is 6.35. The number of hydrogen-bond acceptors (Lipinski definition) is 9. The molecule has 40 heavy (non-hydrogen) atoms. The summed E-state index contributed by atoms with van der Waals surface area (Å²) in [4.78, 5) is 8.92. The van der Waals surface area contributed by atoms with Crippen LogP contribution in [0.2, 0.25) is 0 Å². The molecular formula is C30H28N4O6. The molecule has 1 aliphatic heterocycles. The summed E-state index contributed by atoms with van der Waals surface area (Å²) >= 11 is 0. The fourth-order valence-electron chi connectivity index (χ4n) is 4.29. The fourth-order valence-corrected chi connectivity index (χ4v) is 4.29. The van der Waals surface area contributed by atoms with E-state index in [1.807, 2.05) is 61.7 Å². The molecule has 2 aromatic carbocycles. The highest BCUT2D eigenvalue weighted by molar-refractivity contribution is 5.80. The van der Waals surface area contributed by atoms with Crippen molar-refractivity contribution >= 4 is 5.90 Å². The molecule has 5 aromatic rings. The predicted molar refractivity (Wildman–Crippen MR) is 146 cm³/mol. The van der Waals surface area contributed by atoms with E-state index in [2.05, 4.69) is 9.98 Å². The average Bonchev–Trinajstić information content (AvgIpc) is 3.80. The van der Waals surface area contributed by atoms with Crippen LogP contribution in [0.1, 0.15) is 22.6 Å². The summed E-state index contributed by atoms with van der Waals surface area (Å²) in [5.74, 6) is 4.03. The molecule has 0 spiro atoms. The van der Waals surface area contributed by atoms with Crippen molar-refractivity contribution in [3.63, 3.8) is 0 Å². The molecule has 204 valence electrons. The normalized spacial score (nSPS) is 12.7. The second-order valence-corrected chi connectivity index (χ2v) is 9.10. The van der Waals surface area contributed by atoms with Crippen LogP contribution in [0, 0.1) is 6.92 Å². The molecule has 10 heteroatoms. The summed E-state index contributed by atoms with van der Waals surface area (Å²) < 4.78 is 36.3. The quantitative estimate of drug-likeness (QED) is 0.214. The molecule has 6 rings (SSSR count). The zero-order valence-corrected chi connectivity index (χ0v) is 22.2. The summed E-state index contributed by atoms with van der Waals surface area (Å²) in [6, 6.07) is 19.2. The van der Waals surface area contributed by atoms with Crippen LogP contribution >= 0.6 is 0 Å². The topological polar surface area (TPSA) is 106 Å². The Morgan fingerprint density at radius 3 is 2.65 bits per heavy atom. The second-order valence-electron chi connectivity index (χ2n) is 9.10.